The summed E-state index contributed by atoms with van der Waals surface area (Å²) in [6, 6.07) is 13.2. The van der Waals surface area contributed by atoms with E-state index in [1.54, 1.807) is 24.4 Å². The summed E-state index contributed by atoms with van der Waals surface area (Å²) in [6.07, 6.45) is -3.24. The second-order valence-electron chi connectivity index (χ2n) is 5.77. The van der Waals surface area contributed by atoms with Crippen molar-refractivity contribution in [2.75, 3.05) is 0 Å². The first-order valence-electron chi connectivity index (χ1n) is 8.18. The number of furan rings is 1. The zero-order valence-corrected chi connectivity index (χ0v) is 14.4. The van der Waals surface area contributed by atoms with Crippen molar-refractivity contribution in [3.8, 4) is 5.75 Å². The number of nitrogens with one attached hydrogen (secondary N) is 1. The lowest BCUT2D eigenvalue weighted by Gasteiger charge is -2.13. The number of alkyl halides is 3. The number of aromatic nitrogens is 1. The molecule has 2 heterocycles. The third-order valence-electron chi connectivity index (χ3n) is 3.75. The van der Waals surface area contributed by atoms with Crippen LogP contribution in [0.4, 0.5) is 13.2 Å². The molecule has 0 fully saturated rings. The fourth-order valence-corrected chi connectivity index (χ4v) is 2.48. The van der Waals surface area contributed by atoms with Gasteiger partial charge < -0.3 is 19.0 Å². The molecule has 0 radical (unpaired) electrons. The van der Waals surface area contributed by atoms with E-state index in [2.05, 4.69) is 10.1 Å². The molecule has 3 aromatic rings. The molecule has 0 aliphatic rings. The second kappa shape index (κ2) is 8.03. The lowest BCUT2D eigenvalue weighted by Crippen LogP contribution is -2.24. The number of amides is 1. The summed E-state index contributed by atoms with van der Waals surface area (Å²) < 4.78 is 48.1. The van der Waals surface area contributed by atoms with E-state index in [9.17, 15) is 22.8 Å². The Balaban J connectivity index is 1.64. The Kier molecular flexibility index (Phi) is 5.53. The minimum Gasteiger partial charge on any atom is -0.454 e. The van der Waals surface area contributed by atoms with E-state index in [1.165, 1.54) is 34.9 Å². The van der Waals surface area contributed by atoms with Gasteiger partial charge in [0.25, 0.3) is 11.5 Å². The van der Waals surface area contributed by atoms with Crippen molar-refractivity contribution in [1.29, 1.82) is 0 Å². The van der Waals surface area contributed by atoms with Crippen LogP contribution in [0.2, 0.25) is 0 Å². The monoisotopic (exact) mass is 392 g/mol. The number of rotatable bonds is 6. The van der Waals surface area contributed by atoms with E-state index in [1.807, 2.05) is 0 Å². The van der Waals surface area contributed by atoms with Crippen LogP contribution >= 0.6 is 0 Å². The number of para-hydroxylation sites is 1. The van der Waals surface area contributed by atoms with Crippen LogP contribution in [0.15, 0.2) is 70.0 Å². The summed E-state index contributed by atoms with van der Waals surface area (Å²) >= 11 is 0. The Morgan fingerprint density at radius 3 is 2.57 bits per heavy atom. The van der Waals surface area contributed by atoms with Crippen LogP contribution in [-0.4, -0.2) is 16.8 Å². The number of carbonyl (C=O) groups is 1. The highest BCUT2D eigenvalue weighted by atomic mass is 19.4. The summed E-state index contributed by atoms with van der Waals surface area (Å²) in [5.74, 6) is -0.625. The molecule has 0 aliphatic heterocycles. The molecule has 9 heteroatoms. The number of ether oxygens (including phenoxy) is 1. The molecule has 0 saturated heterocycles. The van der Waals surface area contributed by atoms with Crippen LogP contribution in [0.5, 0.6) is 5.75 Å². The molecular weight excluding hydrogens is 377 g/mol. The molecule has 0 bridgehead atoms. The smallest absolute Gasteiger partial charge is 0.454 e. The normalized spacial score (nSPS) is 11.2. The van der Waals surface area contributed by atoms with Crippen molar-refractivity contribution < 1.29 is 27.1 Å². The Morgan fingerprint density at radius 1 is 1.07 bits per heavy atom. The van der Waals surface area contributed by atoms with Gasteiger partial charge in [0, 0.05) is 24.4 Å². The summed E-state index contributed by atoms with van der Waals surface area (Å²) in [4.78, 5) is 23.9. The maximum Gasteiger partial charge on any atom is 0.573 e. The summed E-state index contributed by atoms with van der Waals surface area (Å²) in [5, 5.41) is 2.48. The van der Waals surface area contributed by atoms with Crippen LogP contribution in [0.25, 0.3) is 0 Å². The van der Waals surface area contributed by atoms with Crippen LogP contribution in [0.3, 0.4) is 0 Å². The average molecular weight is 392 g/mol. The number of benzene rings is 1. The van der Waals surface area contributed by atoms with Gasteiger partial charge in [-0.05, 0) is 24.3 Å². The Hall–Kier alpha value is -3.49. The summed E-state index contributed by atoms with van der Waals surface area (Å²) in [5.41, 5.74) is -0.0537. The minimum absolute atomic E-state index is 0.0202. The van der Waals surface area contributed by atoms with E-state index in [0.717, 1.165) is 6.07 Å². The Morgan fingerprint density at radius 2 is 1.82 bits per heavy atom. The van der Waals surface area contributed by atoms with Gasteiger partial charge in [-0.3, -0.25) is 9.59 Å². The molecule has 1 N–H and O–H groups in total. The maximum atomic E-state index is 12.4. The van der Waals surface area contributed by atoms with Crippen molar-refractivity contribution in [3.63, 3.8) is 0 Å². The molecule has 2 aromatic heterocycles. The maximum absolute atomic E-state index is 12.4. The van der Waals surface area contributed by atoms with Crippen LogP contribution < -0.4 is 15.6 Å². The van der Waals surface area contributed by atoms with Crippen molar-refractivity contribution in [3.05, 3.63) is 88.2 Å². The molecule has 1 amide bonds. The topological polar surface area (TPSA) is 73.5 Å². The van der Waals surface area contributed by atoms with Gasteiger partial charge in [-0.15, -0.1) is 13.2 Å². The highest BCUT2D eigenvalue weighted by molar-refractivity contribution is 5.91. The predicted octanol–water partition coefficient (Wildman–Crippen LogP) is 3.32. The SMILES string of the molecule is O=C(NCc1ccccc1OC(F)(F)F)c1ccc(Cn2ccccc2=O)o1. The Bertz CT molecular complexity index is 1020. The van der Waals surface area contributed by atoms with Gasteiger partial charge >= 0.3 is 6.36 Å². The standard InChI is InChI=1S/C19H15F3N2O4/c20-19(21,22)28-15-6-2-1-5-13(15)11-23-18(26)16-9-8-14(27-16)12-24-10-4-3-7-17(24)25/h1-10H,11-12H2,(H,23,26). The lowest BCUT2D eigenvalue weighted by molar-refractivity contribution is -0.274. The zero-order valence-electron chi connectivity index (χ0n) is 14.4. The molecule has 0 spiro atoms. The fourth-order valence-electron chi connectivity index (χ4n) is 2.48. The zero-order chi connectivity index (χ0) is 20.1. The molecule has 1 aromatic carbocycles. The van der Waals surface area contributed by atoms with Gasteiger partial charge in [-0.25, -0.2) is 0 Å². The third-order valence-corrected chi connectivity index (χ3v) is 3.75. The molecule has 6 nitrogen and oxygen atoms in total. The van der Waals surface area contributed by atoms with Crippen molar-refractivity contribution in [2.45, 2.75) is 19.5 Å². The van der Waals surface area contributed by atoms with Crippen LogP contribution in [0, 0.1) is 0 Å². The third kappa shape index (κ3) is 5.03. The number of pyridine rings is 1. The molecule has 28 heavy (non-hydrogen) atoms. The highest BCUT2D eigenvalue weighted by Gasteiger charge is 2.32. The van der Waals surface area contributed by atoms with Crippen molar-refractivity contribution >= 4 is 5.91 Å². The number of hydrogen-bond acceptors (Lipinski definition) is 4. The first-order chi connectivity index (χ1) is 13.3. The van der Waals surface area contributed by atoms with E-state index in [-0.39, 0.29) is 35.7 Å². The molecule has 146 valence electrons. The first kappa shape index (κ1) is 19.3. The molecule has 0 atom stereocenters. The molecular formula is C19H15F3N2O4. The summed E-state index contributed by atoms with van der Waals surface area (Å²) in [7, 11) is 0. The quantitative estimate of drug-likeness (QED) is 0.699. The van der Waals surface area contributed by atoms with E-state index >= 15 is 0 Å². The fraction of sp³-hybridized carbons (Fsp3) is 0.158. The molecule has 3 rings (SSSR count). The van der Waals surface area contributed by atoms with Gasteiger partial charge in [0.2, 0.25) is 0 Å². The molecule has 0 saturated carbocycles. The molecule has 0 unspecified atom stereocenters. The first-order valence-corrected chi connectivity index (χ1v) is 8.18. The number of hydrogen-bond donors (Lipinski definition) is 1. The lowest BCUT2D eigenvalue weighted by atomic mass is 10.2. The van der Waals surface area contributed by atoms with Gasteiger partial charge in [0.05, 0.1) is 6.54 Å². The van der Waals surface area contributed by atoms with Gasteiger partial charge in [0.1, 0.15) is 11.5 Å². The highest BCUT2D eigenvalue weighted by Crippen LogP contribution is 2.26. The van der Waals surface area contributed by atoms with E-state index < -0.39 is 12.3 Å². The van der Waals surface area contributed by atoms with E-state index in [0.29, 0.717) is 5.76 Å². The van der Waals surface area contributed by atoms with E-state index in [4.69, 9.17) is 4.42 Å². The van der Waals surface area contributed by atoms with Gasteiger partial charge in [-0.2, -0.15) is 0 Å². The van der Waals surface area contributed by atoms with Crippen molar-refractivity contribution in [2.24, 2.45) is 0 Å². The number of nitrogens with zero attached hydrogens (tertiary/aromatic N) is 1. The second-order valence-corrected chi connectivity index (χ2v) is 5.77. The predicted molar refractivity (Wildman–Crippen MR) is 92.8 cm³/mol. The van der Waals surface area contributed by atoms with Gasteiger partial charge in [0.15, 0.2) is 5.76 Å². The minimum atomic E-state index is -4.83. The van der Waals surface area contributed by atoms with Crippen molar-refractivity contribution in [1.82, 2.24) is 9.88 Å². The largest absolute Gasteiger partial charge is 0.573 e. The van der Waals surface area contributed by atoms with Crippen LogP contribution in [-0.2, 0) is 13.1 Å². The number of halogens is 3. The summed E-state index contributed by atoms with van der Waals surface area (Å²) in [6.45, 7) is -0.0333. The average Bonchev–Trinajstić information content (AvgIpc) is 3.10. The molecule has 0 aliphatic carbocycles. The Labute approximate surface area is 157 Å². The number of carbonyl (C=O) groups excluding carboxylic acids is 1. The van der Waals surface area contributed by atoms with Crippen LogP contribution in [0.1, 0.15) is 21.9 Å². The van der Waals surface area contributed by atoms with Gasteiger partial charge in [-0.1, -0.05) is 24.3 Å².